The lowest BCUT2D eigenvalue weighted by Crippen LogP contribution is -2.43. The molecule has 0 amide bonds. The normalized spacial score (nSPS) is 28.2. The standard InChI is InChI=1S/C8H13NO4/c1-7(2,3)8(12)4-5(6(10)11)9-13-8/h12H,4H2,1-3H3,(H,10,11). The fourth-order valence-electron chi connectivity index (χ4n) is 0.939. The monoisotopic (exact) mass is 187 g/mol. The SMILES string of the molecule is CC(C)(C)C1(O)CC(C(=O)O)=NO1. The van der Waals surface area contributed by atoms with Gasteiger partial charge in [0.1, 0.15) is 0 Å². The van der Waals surface area contributed by atoms with E-state index in [0.29, 0.717) is 0 Å². The topological polar surface area (TPSA) is 79.1 Å². The van der Waals surface area contributed by atoms with Crippen molar-refractivity contribution in [2.24, 2.45) is 10.6 Å². The van der Waals surface area contributed by atoms with E-state index in [0.717, 1.165) is 0 Å². The number of aliphatic carboxylic acids is 1. The number of carboxylic acids is 1. The van der Waals surface area contributed by atoms with Crippen LogP contribution in [-0.4, -0.2) is 27.7 Å². The van der Waals surface area contributed by atoms with Crippen molar-refractivity contribution in [1.29, 1.82) is 0 Å². The summed E-state index contributed by atoms with van der Waals surface area (Å²) in [5.74, 6) is -2.65. The average molecular weight is 187 g/mol. The Labute approximate surface area is 76.0 Å². The van der Waals surface area contributed by atoms with Crippen molar-refractivity contribution in [3.63, 3.8) is 0 Å². The number of rotatable bonds is 1. The minimum atomic E-state index is -1.50. The molecule has 1 aliphatic heterocycles. The number of aliphatic hydroxyl groups is 1. The van der Waals surface area contributed by atoms with Gasteiger partial charge in [0.25, 0.3) is 0 Å². The van der Waals surface area contributed by atoms with Crippen molar-refractivity contribution in [2.75, 3.05) is 0 Å². The molecule has 0 aromatic heterocycles. The summed E-state index contributed by atoms with van der Waals surface area (Å²) in [4.78, 5) is 15.2. The predicted octanol–water partition coefficient (Wildman–Crippen LogP) is 0.582. The molecule has 0 saturated carbocycles. The minimum absolute atomic E-state index is 0.0775. The first-order valence-corrected chi connectivity index (χ1v) is 3.97. The van der Waals surface area contributed by atoms with Crippen LogP contribution in [0.2, 0.25) is 0 Å². The Morgan fingerprint density at radius 2 is 2.15 bits per heavy atom. The number of hydrogen-bond acceptors (Lipinski definition) is 4. The van der Waals surface area contributed by atoms with Gasteiger partial charge < -0.3 is 15.1 Å². The molecule has 0 fully saturated rings. The molecule has 74 valence electrons. The van der Waals surface area contributed by atoms with Crippen LogP contribution in [0.15, 0.2) is 5.16 Å². The first kappa shape index (κ1) is 9.98. The van der Waals surface area contributed by atoms with Crippen LogP contribution in [0.1, 0.15) is 27.2 Å². The highest BCUT2D eigenvalue weighted by molar-refractivity contribution is 6.35. The molecule has 0 aromatic carbocycles. The van der Waals surface area contributed by atoms with Crippen molar-refractivity contribution >= 4 is 11.7 Å². The second-order valence-electron chi connectivity index (χ2n) is 4.15. The molecule has 5 heteroatoms. The van der Waals surface area contributed by atoms with Gasteiger partial charge in [0.15, 0.2) is 5.71 Å². The Hall–Kier alpha value is -1.10. The van der Waals surface area contributed by atoms with Crippen molar-refractivity contribution in [1.82, 2.24) is 0 Å². The van der Waals surface area contributed by atoms with E-state index in [2.05, 4.69) is 5.16 Å². The number of carbonyl (C=O) groups is 1. The van der Waals surface area contributed by atoms with E-state index in [-0.39, 0.29) is 12.1 Å². The highest BCUT2D eigenvalue weighted by atomic mass is 16.7. The van der Waals surface area contributed by atoms with E-state index in [1.54, 1.807) is 20.8 Å². The van der Waals surface area contributed by atoms with E-state index in [1.807, 2.05) is 0 Å². The van der Waals surface area contributed by atoms with Crippen LogP contribution in [0.4, 0.5) is 0 Å². The van der Waals surface area contributed by atoms with Gasteiger partial charge in [0, 0.05) is 5.41 Å². The van der Waals surface area contributed by atoms with Crippen LogP contribution in [0.5, 0.6) is 0 Å². The van der Waals surface area contributed by atoms with Crippen LogP contribution < -0.4 is 0 Å². The minimum Gasteiger partial charge on any atom is -0.477 e. The Morgan fingerprint density at radius 1 is 1.62 bits per heavy atom. The molecule has 0 aliphatic carbocycles. The molecular formula is C8H13NO4. The Kier molecular flexibility index (Phi) is 2.07. The van der Waals surface area contributed by atoms with Crippen LogP contribution in [-0.2, 0) is 9.63 Å². The van der Waals surface area contributed by atoms with Crippen molar-refractivity contribution < 1.29 is 19.8 Å². The van der Waals surface area contributed by atoms with Gasteiger partial charge in [0.2, 0.25) is 5.79 Å². The van der Waals surface area contributed by atoms with Crippen LogP contribution >= 0.6 is 0 Å². The lowest BCUT2D eigenvalue weighted by atomic mass is 9.83. The molecule has 1 rings (SSSR count). The lowest BCUT2D eigenvalue weighted by molar-refractivity contribution is -0.244. The highest BCUT2D eigenvalue weighted by Crippen LogP contribution is 2.37. The Morgan fingerprint density at radius 3 is 2.38 bits per heavy atom. The molecule has 0 spiro atoms. The van der Waals surface area contributed by atoms with Gasteiger partial charge >= 0.3 is 5.97 Å². The summed E-state index contributed by atoms with van der Waals surface area (Å²) in [6.07, 6.45) is -0.0775. The largest absolute Gasteiger partial charge is 0.477 e. The van der Waals surface area contributed by atoms with Gasteiger partial charge in [-0.3, -0.25) is 0 Å². The zero-order valence-corrected chi connectivity index (χ0v) is 7.87. The maximum absolute atomic E-state index is 10.5. The first-order valence-electron chi connectivity index (χ1n) is 3.97. The molecule has 1 heterocycles. The third kappa shape index (κ3) is 1.65. The Balaban J connectivity index is 2.79. The fourth-order valence-corrected chi connectivity index (χ4v) is 0.939. The van der Waals surface area contributed by atoms with E-state index in [1.165, 1.54) is 0 Å². The molecule has 2 N–H and O–H groups in total. The van der Waals surface area contributed by atoms with Gasteiger partial charge in [-0.25, -0.2) is 4.79 Å². The van der Waals surface area contributed by atoms with Crippen molar-refractivity contribution in [3.05, 3.63) is 0 Å². The van der Waals surface area contributed by atoms with E-state index < -0.39 is 17.2 Å². The second-order valence-corrected chi connectivity index (χ2v) is 4.15. The smallest absolute Gasteiger partial charge is 0.353 e. The molecule has 0 saturated heterocycles. The zero-order chi connectivity index (χ0) is 10.3. The highest BCUT2D eigenvalue weighted by Gasteiger charge is 2.49. The zero-order valence-electron chi connectivity index (χ0n) is 7.87. The van der Waals surface area contributed by atoms with E-state index in [4.69, 9.17) is 9.94 Å². The number of carboxylic acid groups (broad SMARTS) is 1. The van der Waals surface area contributed by atoms with Crippen LogP contribution in [0.25, 0.3) is 0 Å². The molecule has 1 aliphatic rings. The van der Waals surface area contributed by atoms with Gasteiger partial charge in [-0.1, -0.05) is 25.9 Å². The average Bonchev–Trinajstić information content (AvgIpc) is 2.31. The lowest BCUT2D eigenvalue weighted by Gasteiger charge is -2.33. The summed E-state index contributed by atoms with van der Waals surface area (Å²) in [5, 5.41) is 21.8. The molecule has 1 unspecified atom stereocenters. The predicted molar refractivity (Wildman–Crippen MR) is 45.2 cm³/mol. The third-order valence-electron chi connectivity index (χ3n) is 2.13. The molecule has 13 heavy (non-hydrogen) atoms. The van der Waals surface area contributed by atoms with Gasteiger partial charge in [0.05, 0.1) is 6.42 Å². The van der Waals surface area contributed by atoms with Crippen molar-refractivity contribution in [2.45, 2.75) is 33.0 Å². The quantitative estimate of drug-likeness (QED) is 0.629. The summed E-state index contributed by atoms with van der Waals surface area (Å²) in [7, 11) is 0. The molecule has 1 atom stereocenters. The molecule has 0 bridgehead atoms. The summed E-state index contributed by atoms with van der Waals surface area (Å²) in [6.45, 7) is 5.27. The molecule has 0 aromatic rings. The molecule has 5 nitrogen and oxygen atoms in total. The Bertz CT molecular complexity index is 266. The molecular weight excluding hydrogens is 174 g/mol. The van der Waals surface area contributed by atoms with Gasteiger partial charge in [-0.15, -0.1) is 0 Å². The van der Waals surface area contributed by atoms with Crippen LogP contribution in [0.3, 0.4) is 0 Å². The summed E-state index contributed by atoms with van der Waals surface area (Å²) >= 11 is 0. The van der Waals surface area contributed by atoms with Gasteiger partial charge in [-0.2, -0.15) is 0 Å². The number of nitrogens with zero attached hydrogens (tertiary/aromatic N) is 1. The van der Waals surface area contributed by atoms with Crippen LogP contribution in [0, 0.1) is 5.41 Å². The number of oxime groups is 1. The summed E-state index contributed by atoms with van der Waals surface area (Å²) < 4.78 is 0. The fraction of sp³-hybridized carbons (Fsp3) is 0.750. The number of hydrogen-bond donors (Lipinski definition) is 2. The third-order valence-corrected chi connectivity index (χ3v) is 2.13. The summed E-state index contributed by atoms with van der Waals surface area (Å²) in [6, 6.07) is 0. The maximum Gasteiger partial charge on any atom is 0.353 e. The van der Waals surface area contributed by atoms with E-state index >= 15 is 0 Å². The first-order chi connectivity index (χ1) is 5.76. The summed E-state index contributed by atoms with van der Waals surface area (Å²) in [5.41, 5.74) is -0.703. The second kappa shape index (κ2) is 2.70. The maximum atomic E-state index is 10.5. The van der Waals surface area contributed by atoms with E-state index in [9.17, 15) is 9.90 Å². The van der Waals surface area contributed by atoms with Gasteiger partial charge in [-0.05, 0) is 0 Å². The van der Waals surface area contributed by atoms with Crippen molar-refractivity contribution in [3.8, 4) is 0 Å². The molecule has 0 radical (unpaired) electrons.